The number of carboxylic acid groups (broad SMARTS) is 1. The van der Waals surface area contributed by atoms with Crippen molar-refractivity contribution >= 4 is 5.97 Å². The maximum atomic E-state index is 12.8. The van der Waals surface area contributed by atoms with Crippen molar-refractivity contribution in [3.05, 3.63) is 34.4 Å². The summed E-state index contributed by atoms with van der Waals surface area (Å²) in [4.78, 5) is 10.2. The molecule has 1 aromatic rings. The highest BCUT2D eigenvalue weighted by Crippen LogP contribution is 2.36. The normalized spacial score (nSPS) is 11.7. The first-order valence-electron chi connectivity index (χ1n) is 3.75. The van der Waals surface area contributed by atoms with Crippen molar-refractivity contribution in [3.63, 3.8) is 0 Å². The molecular weight excluding hydrogens is 261 g/mol. The predicted octanol–water partition coefficient (Wildman–Crippen LogP) is 2.96. The number of carboxylic acids is 1. The first-order valence-corrected chi connectivity index (χ1v) is 3.75. The Labute approximate surface area is 88.3 Å². The maximum Gasteiger partial charge on any atom is 0.422 e. The van der Waals surface area contributed by atoms with Crippen LogP contribution < -0.4 is 0 Å². The summed E-state index contributed by atoms with van der Waals surface area (Å²) in [6.07, 6.45) is -5.69. The number of carbonyl (C=O) groups is 1. The second-order valence-corrected chi connectivity index (χ2v) is 2.81. The molecular formula is C8HF7O2. The van der Waals surface area contributed by atoms with Gasteiger partial charge < -0.3 is 5.11 Å². The Hall–Kier alpha value is -1.80. The van der Waals surface area contributed by atoms with Crippen molar-refractivity contribution in [2.75, 3.05) is 0 Å². The standard InChI is InChI=1S/C8HF7O2/c9-3-1(7(16)17)4(10)6(12)2(5(3)11)8(13,14)15/h(H,16,17). The summed E-state index contributed by atoms with van der Waals surface area (Å²) < 4.78 is 87.4. The van der Waals surface area contributed by atoms with E-state index in [2.05, 4.69) is 0 Å². The van der Waals surface area contributed by atoms with Crippen LogP contribution in [0.15, 0.2) is 0 Å². The molecule has 0 heterocycles. The van der Waals surface area contributed by atoms with Gasteiger partial charge in [-0.05, 0) is 0 Å². The number of hydrogen-bond donors (Lipinski definition) is 1. The number of aromatic carboxylic acids is 1. The summed E-state index contributed by atoms with van der Waals surface area (Å²) in [5, 5.41) is 8.19. The van der Waals surface area contributed by atoms with E-state index in [4.69, 9.17) is 5.11 Å². The Balaban J connectivity index is 3.77. The van der Waals surface area contributed by atoms with Gasteiger partial charge in [-0.2, -0.15) is 13.2 Å². The third-order valence-corrected chi connectivity index (χ3v) is 1.76. The monoisotopic (exact) mass is 262 g/mol. The fraction of sp³-hybridized carbons (Fsp3) is 0.125. The number of alkyl halides is 3. The van der Waals surface area contributed by atoms with Crippen LogP contribution in [0.1, 0.15) is 15.9 Å². The van der Waals surface area contributed by atoms with Gasteiger partial charge in [0, 0.05) is 0 Å². The van der Waals surface area contributed by atoms with Gasteiger partial charge >= 0.3 is 12.1 Å². The number of rotatable bonds is 1. The van der Waals surface area contributed by atoms with Crippen LogP contribution in [0.4, 0.5) is 30.7 Å². The molecule has 1 rings (SSSR count). The molecule has 0 saturated carbocycles. The van der Waals surface area contributed by atoms with Crippen LogP contribution in [0.2, 0.25) is 0 Å². The fourth-order valence-corrected chi connectivity index (χ4v) is 1.07. The molecule has 9 heteroatoms. The largest absolute Gasteiger partial charge is 0.477 e. The van der Waals surface area contributed by atoms with Gasteiger partial charge in [-0.25, -0.2) is 22.4 Å². The third kappa shape index (κ3) is 2.04. The average molecular weight is 262 g/mol. The van der Waals surface area contributed by atoms with Gasteiger partial charge in [-0.3, -0.25) is 0 Å². The van der Waals surface area contributed by atoms with E-state index in [-0.39, 0.29) is 0 Å². The molecule has 0 amide bonds. The molecule has 0 bridgehead atoms. The van der Waals surface area contributed by atoms with E-state index in [1.54, 1.807) is 0 Å². The molecule has 0 fully saturated rings. The van der Waals surface area contributed by atoms with E-state index in [0.717, 1.165) is 0 Å². The maximum absolute atomic E-state index is 12.8. The Morgan fingerprint density at radius 2 is 1.24 bits per heavy atom. The van der Waals surface area contributed by atoms with Crippen LogP contribution in [0.5, 0.6) is 0 Å². The zero-order valence-electron chi connectivity index (χ0n) is 7.50. The van der Waals surface area contributed by atoms with E-state index in [1.807, 2.05) is 0 Å². The number of halogens is 7. The molecule has 0 atom stereocenters. The summed E-state index contributed by atoms with van der Waals surface area (Å²) in [6, 6.07) is 0. The molecule has 0 spiro atoms. The Kier molecular flexibility index (Phi) is 3.04. The second kappa shape index (κ2) is 3.90. The first kappa shape index (κ1) is 13.3. The first-order chi connectivity index (χ1) is 7.59. The minimum atomic E-state index is -5.69. The average Bonchev–Trinajstić information content (AvgIpc) is 2.12. The predicted molar refractivity (Wildman–Crippen MR) is 38.2 cm³/mol. The molecule has 17 heavy (non-hydrogen) atoms. The van der Waals surface area contributed by atoms with E-state index >= 15 is 0 Å². The van der Waals surface area contributed by atoms with Crippen molar-refractivity contribution < 1.29 is 40.6 Å². The van der Waals surface area contributed by atoms with Crippen LogP contribution in [-0.2, 0) is 6.18 Å². The van der Waals surface area contributed by atoms with Gasteiger partial charge in [-0.15, -0.1) is 0 Å². The Morgan fingerprint density at radius 1 is 0.882 bits per heavy atom. The molecule has 2 nitrogen and oxygen atoms in total. The molecule has 0 aliphatic carbocycles. The van der Waals surface area contributed by atoms with Crippen molar-refractivity contribution in [2.24, 2.45) is 0 Å². The molecule has 94 valence electrons. The second-order valence-electron chi connectivity index (χ2n) is 2.81. The SMILES string of the molecule is O=C(O)c1c(F)c(F)c(C(F)(F)F)c(F)c1F. The van der Waals surface area contributed by atoms with E-state index in [9.17, 15) is 35.5 Å². The smallest absolute Gasteiger partial charge is 0.422 e. The zero-order valence-corrected chi connectivity index (χ0v) is 7.50. The fourth-order valence-electron chi connectivity index (χ4n) is 1.07. The van der Waals surface area contributed by atoms with E-state index < -0.39 is 46.5 Å². The summed E-state index contributed by atoms with van der Waals surface area (Å²) in [7, 11) is 0. The molecule has 1 aromatic carbocycles. The van der Waals surface area contributed by atoms with Gasteiger partial charge in [0.2, 0.25) is 0 Å². The Morgan fingerprint density at radius 3 is 1.47 bits per heavy atom. The van der Waals surface area contributed by atoms with Crippen LogP contribution in [0, 0.1) is 23.3 Å². The van der Waals surface area contributed by atoms with E-state index in [0.29, 0.717) is 0 Å². The van der Waals surface area contributed by atoms with Crippen molar-refractivity contribution in [1.29, 1.82) is 0 Å². The highest BCUT2D eigenvalue weighted by molar-refractivity contribution is 5.88. The van der Waals surface area contributed by atoms with Gasteiger partial charge in [0.15, 0.2) is 23.3 Å². The van der Waals surface area contributed by atoms with Gasteiger partial charge in [0.25, 0.3) is 0 Å². The molecule has 0 radical (unpaired) electrons. The highest BCUT2D eigenvalue weighted by atomic mass is 19.4. The highest BCUT2D eigenvalue weighted by Gasteiger charge is 2.43. The minimum absolute atomic E-state index is 2.12. The van der Waals surface area contributed by atoms with Crippen LogP contribution in [-0.4, -0.2) is 11.1 Å². The van der Waals surface area contributed by atoms with Crippen molar-refractivity contribution in [3.8, 4) is 0 Å². The molecule has 0 aromatic heterocycles. The van der Waals surface area contributed by atoms with Crippen LogP contribution in [0.3, 0.4) is 0 Å². The van der Waals surface area contributed by atoms with Gasteiger partial charge in [-0.1, -0.05) is 0 Å². The topological polar surface area (TPSA) is 37.3 Å². The Bertz CT molecular complexity index is 463. The number of benzene rings is 1. The molecule has 0 unspecified atom stereocenters. The summed E-state index contributed by atoms with van der Waals surface area (Å²) in [6.45, 7) is 0. The summed E-state index contributed by atoms with van der Waals surface area (Å²) in [5.74, 6) is -13.2. The quantitative estimate of drug-likeness (QED) is 0.624. The lowest BCUT2D eigenvalue weighted by molar-refractivity contribution is -0.143. The van der Waals surface area contributed by atoms with Crippen molar-refractivity contribution in [2.45, 2.75) is 6.18 Å². The lowest BCUT2D eigenvalue weighted by Crippen LogP contribution is -2.19. The molecule has 0 saturated heterocycles. The minimum Gasteiger partial charge on any atom is -0.477 e. The number of hydrogen-bond acceptors (Lipinski definition) is 1. The molecule has 0 aliphatic rings. The van der Waals surface area contributed by atoms with Crippen LogP contribution >= 0.6 is 0 Å². The van der Waals surface area contributed by atoms with Gasteiger partial charge in [0.1, 0.15) is 11.1 Å². The summed E-state index contributed by atoms with van der Waals surface area (Å²) >= 11 is 0. The third-order valence-electron chi connectivity index (χ3n) is 1.76. The van der Waals surface area contributed by atoms with Crippen molar-refractivity contribution in [1.82, 2.24) is 0 Å². The lowest BCUT2D eigenvalue weighted by atomic mass is 10.1. The molecule has 1 N–H and O–H groups in total. The van der Waals surface area contributed by atoms with E-state index in [1.165, 1.54) is 0 Å². The lowest BCUT2D eigenvalue weighted by Gasteiger charge is -2.12. The summed E-state index contributed by atoms with van der Waals surface area (Å²) in [5.41, 5.74) is -4.93. The zero-order chi connectivity index (χ0) is 13.5. The van der Waals surface area contributed by atoms with Crippen LogP contribution in [0.25, 0.3) is 0 Å². The molecule has 0 aliphatic heterocycles. The van der Waals surface area contributed by atoms with Gasteiger partial charge in [0.05, 0.1) is 0 Å².